The molecule has 11 heavy (non-hydrogen) atoms. The molecule has 0 bridgehead atoms. The molecule has 0 rings (SSSR count). The van der Waals surface area contributed by atoms with E-state index < -0.39 is 7.14 Å². The van der Waals surface area contributed by atoms with Gasteiger partial charge in [0.25, 0.3) is 0 Å². The highest BCUT2D eigenvalue weighted by atomic mass is 31.2. The monoisotopic (exact) mass is 175 g/mol. The van der Waals surface area contributed by atoms with E-state index in [9.17, 15) is 4.57 Å². The molecule has 0 saturated heterocycles. The van der Waals surface area contributed by atoms with Crippen LogP contribution in [0, 0.1) is 6.66 Å². The van der Waals surface area contributed by atoms with Crippen molar-refractivity contribution < 1.29 is 4.57 Å². The quantitative estimate of drug-likeness (QED) is 0.562. The number of hydrogen-bond acceptors (Lipinski definition) is 1. The van der Waals surface area contributed by atoms with E-state index in [2.05, 4.69) is 20.5 Å². The molecule has 0 atom stereocenters. The Hall–Kier alpha value is 0.230. The molecular weight excluding hydrogens is 155 g/mol. The first kappa shape index (κ1) is 11.2. The predicted molar refractivity (Wildman–Crippen MR) is 52.5 cm³/mol. The summed E-state index contributed by atoms with van der Waals surface area (Å²) in [6, 6.07) is 0. The molecule has 0 N–H and O–H groups in total. The Morgan fingerprint density at radius 1 is 1.09 bits per heavy atom. The van der Waals surface area contributed by atoms with Crippen LogP contribution in [0.2, 0.25) is 0 Å². The molecule has 0 aliphatic carbocycles. The summed E-state index contributed by atoms with van der Waals surface area (Å²) in [5.74, 6) is 0. The smallest absolute Gasteiger partial charge is 0.0882 e. The van der Waals surface area contributed by atoms with Gasteiger partial charge in [0.15, 0.2) is 0 Å². The highest BCUT2D eigenvalue weighted by Crippen LogP contribution is 2.45. The minimum Gasteiger partial charge on any atom is -0.324 e. The minimum atomic E-state index is -1.98. The average Bonchev–Trinajstić information content (AvgIpc) is 1.97. The lowest BCUT2D eigenvalue weighted by Crippen LogP contribution is -1.91. The fourth-order valence-electron chi connectivity index (χ4n) is 1.00. The van der Waals surface area contributed by atoms with Crippen LogP contribution in [0.25, 0.3) is 0 Å². The summed E-state index contributed by atoms with van der Waals surface area (Å²) in [5, 5.41) is 0. The lowest BCUT2D eigenvalue weighted by Gasteiger charge is -2.10. The second-order valence-corrected chi connectivity index (χ2v) is 6.22. The lowest BCUT2D eigenvalue weighted by atomic mass is 10.4. The van der Waals surface area contributed by atoms with Crippen molar-refractivity contribution in [3.05, 3.63) is 6.66 Å². The molecule has 1 nitrogen and oxygen atoms in total. The molecule has 0 unspecified atom stereocenters. The predicted octanol–water partition coefficient (Wildman–Crippen LogP) is 3.74. The Kier molecular flexibility index (Phi) is 5.95. The molecule has 0 spiro atoms. The number of unbranched alkanes of at least 4 members (excludes halogenated alkanes) is 2. The van der Waals surface area contributed by atoms with Crippen LogP contribution in [0.5, 0.6) is 0 Å². The molecule has 0 aromatic rings. The zero-order chi connectivity index (χ0) is 8.74. The summed E-state index contributed by atoms with van der Waals surface area (Å²) in [5.41, 5.74) is 0. The number of rotatable bonds is 6. The van der Waals surface area contributed by atoms with E-state index in [1.165, 1.54) is 0 Å². The summed E-state index contributed by atoms with van der Waals surface area (Å²) in [6.07, 6.45) is 6.11. The first-order chi connectivity index (χ1) is 5.12. The molecule has 0 fully saturated rings. The fraction of sp³-hybridized carbons (Fsp3) is 0.889. The molecule has 0 aromatic carbocycles. The Bertz CT molecular complexity index is 120. The van der Waals surface area contributed by atoms with Crippen molar-refractivity contribution in [1.82, 2.24) is 0 Å². The van der Waals surface area contributed by atoms with Gasteiger partial charge in [-0.05, 0) is 12.8 Å². The average molecular weight is 175 g/mol. The molecule has 0 amide bonds. The molecule has 0 heterocycles. The van der Waals surface area contributed by atoms with Gasteiger partial charge in [-0.2, -0.15) is 0 Å². The van der Waals surface area contributed by atoms with E-state index in [-0.39, 0.29) is 0 Å². The van der Waals surface area contributed by atoms with Crippen molar-refractivity contribution in [2.75, 3.05) is 12.3 Å². The van der Waals surface area contributed by atoms with Gasteiger partial charge in [-0.15, -0.1) is 0 Å². The SMILES string of the molecule is [CH2]P(=O)(CCCC)CCCC. The van der Waals surface area contributed by atoms with E-state index in [1.54, 1.807) is 0 Å². The van der Waals surface area contributed by atoms with Crippen LogP contribution in [0.4, 0.5) is 0 Å². The Labute approximate surface area is 70.9 Å². The summed E-state index contributed by atoms with van der Waals surface area (Å²) in [7, 11) is -1.98. The maximum Gasteiger partial charge on any atom is 0.0882 e. The van der Waals surface area contributed by atoms with Crippen molar-refractivity contribution in [3.8, 4) is 0 Å². The van der Waals surface area contributed by atoms with Crippen LogP contribution >= 0.6 is 7.14 Å². The Morgan fingerprint density at radius 2 is 1.45 bits per heavy atom. The van der Waals surface area contributed by atoms with Gasteiger partial charge in [0.2, 0.25) is 0 Å². The lowest BCUT2D eigenvalue weighted by molar-refractivity contribution is 0.576. The van der Waals surface area contributed by atoms with E-state index >= 15 is 0 Å². The summed E-state index contributed by atoms with van der Waals surface area (Å²) >= 11 is 0. The largest absolute Gasteiger partial charge is 0.324 e. The summed E-state index contributed by atoms with van der Waals surface area (Å²) in [6.45, 7) is 8.05. The summed E-state index contributed by atoms with van der Waals surface area (Å²) in [4.78, 5) is 0. The first-order valence-electron chi connectivity index (χ1n) is 4.55. The van der Waals surface area contributed by atoms with Crippen LogP contribution < -0.4 is 0 Å². The Balaban J connectivity index is 3.53. The van der Waals surface area contributed by atoms with Gasteiger partial charge >= 0.3 is 0 Å². The first-order valence-corrected chi connectivity index (χ1v) is 6.81. The standard InChI is InChI=1S/C9H20OP/c1-4-6-8-11(3,10)9-7-5-2/h3-9H2,1-2H3. The van der Waals surface area contributed by atoms with E-state index in [0.717, 1.165) is 38.0 Å². The molecule has 0 saturated carbocycles. The van der Waals surface area contributed by atoms with Crippen LogP contribution in [0.1, 0.15) is 39.5 Å². The third-order valence-electron chi connectivity index (χ3n) is 1.84. The van der Waals surface area contributed by atoms with Crippen LogP contribution in [-0.2, 0) is 4.57 Å². The zero-order valence-corrected chi connectivity index (χ0v) is 8.70. The van der Waals surface area contributed by atoms with E-state index in [4.69, 9.17) is 0 Å². The van der Waals surface area contributed by atoms with Gasteiger partial charge in [0.05, 0.1) is 7.14 Å². The molecular formula is C9H20OP. The highest BCUT2D eigenvalue weighted by Gasteiger charge is 2.12. The fourth-order valence-corrected chi connectivity index (χ4v) is 3.01. The van der Waals surface area contributed by atoms with Gasteiger partial charge < -0.3 is 4.57 Å². The zero-order valence-electron chi connectivity index (χ0n) is 7.81. The molecule has 0 aromatic heterocycles. The topological polar surface area (TPSA) is 17.1 Å². The molecule has 67 valence electrons. The second kappa shape index (κ2) is 5.83. The van der Waals surface area contributed by atoms with E-state index in [1.807, 2.05) is 0 Å². The van der Waals surface area contributed by atoms with Gasteiger partial charge in [0, 0.05) is 19.0 Å². The molecule has 0 aliphatic heterocycles. The van der Waals surface area contributed by atoms with Crippen LogP contribution in [-0.4, -0.2) is 12.3 Å². The van der Waals surface area contributed by atoms with Gasteiger partial charge in [0.1, 0.15) is 0 Å². The van der Waals surface area contributed by atoms with Crippen molar-refractivity contribution in [2.24, 2.45) is 0 Å². The van der Waals surface area contributed by atoms with Gasteiger partial charge in [-0.1, -0.05) is 26.7 Å². The molecule has 2 heteroatoms. The summed E-state index contributed by atoms with van der Waals surface area (Å²) < 4.78 is 11.6. The third-order valence-corrected chi connectivity index (χ3v) is 4.10. The maximum absolute atomic E-state index is 11.6. The highest BCUT2D eigenvalue weighted by molar-refractivity contribution is 7.65. The molecule has 1 radical (unpaired) electrons. The van der Waals surface area contributed by atoms with Crippen molar-refractivity contribution in [3.63, 3.8) is 0 Å². The van der Waals surface area contributed by atoms with Crippen molar-refractivity contribution in [1.29, 1.82) is 0 Å². The van der Waals surface area contributed by atoms with Crippen LogP contribution in [0.15, 0.2) is 0 Å². The van der Waals surface area contributed by atoms with Crippen molar-refractivity contribution in [2.45, 2.75) is 39.5 Å². The minimum absolute atomic E-state index is 0.851. The maximum atomic E-state index is 11.6. The third kappa shape index (κ3) is 6.62. The van der Waals surface area contributed by atoms with E-state index in [0.29, 0.717) is 0 Å². The Morgan fingerprint density at radius 3 is 1.73 bits per heavy atom. The normalized spacial score (nSPS) is 11.9. The van der Waals surface area contributed by atoms with Crippen molar-refractivity contribution >= 4 is 7.14 Å². The van der Waals surface area contributed by atoms with Gasteiger partial charge in [-0.25, -0.2) is 0 Å². The second-order valence-electron chi connectivity index (χ2n) is 3.21. The molecule has 0 aliphatic rings. The number of hydrogen-bond donors (Lipinski definition) is 0. The van der Waals surface area contributed by atoms with Crippen LogP contribution in [0.3, 0.4) is 0 Å². The van der Waals surface area contributed by atoms with Gasteiger partial charge in [-0.3, -0.25) is 0 Å².